The van der Waals surface area contributed by atoms with Crippen molar-refractivity contribution in [3.05, 3.63) is 11.6 Å². The quantitative estimate of drug-likeness (QED) is 0.706. The minimum Gasteiger partial charge on any atom is -0.396 e. The molecule has 3 aliphatic rings. The Labute approximate surface area is 148 Å². The Morgan fingerprint density at radius 3 is 2.50 bits per heavy atom. The zero-order valence-corrected chi connectivity index (χ0v) is 16.3. The first-order valence-electron chi connectivity index (χ1n) is 10.3. The van der Waals surface area contributed by atoms with Crippen LogP contribution in [-0.4, -0.2) is 22.9 Å². The van der Waals surface area contributed by atoms with Gasteiger partial charge in [0, 0.05) is 5.41 Å². The Bertz CT molecular complexity index is 494. The molecule has 3 rings (SSSR count). The van der Waals surface area contributed by atoms with Crippen LogP contribution in [0.2, 0.25) is 0 Å². The molecule has 138 valence electrons. The number of fused-ring (bicyclic) bond motifs is 3. The molecule has 0 bridgehead atoms. The maximum atomic E-state index is 11.1. The van der Waals surface area contributed by atoms with Crippen molar-refractivity contribution in [1.82, 2.24) is 0 Å². The van der Waals surface area contributed by atoms with Crippen LogP contribution in [0, 0.1) is 28.1 Å². The minimum atomic E-state index is -0.473. The van der Waals surface area contributed by atoms with Crippen LogP contribution >= 0.6 is 0 Å². The molecule has 5 atom stereocenters. The van der Waals surface area contributed by atoms with Crippen molar-refractivity contribution in [1.29, 1.82) is 0 Å². The molecule has 24 heavy (non-hydrogen) atoms. The van der Waals surface area contributed by atoms with E-state index in [1.54, 1.807) is 0 Å². The van der Waals surface area contributed by atoms with Crippen LogP contribution in [0.4, 0.5) is 0 Å². The average molecular weight is 335 g/mol. The summed E-state index contributed by atoms with van der Waals surface area (Å²) in [6, 6.07) is 0. The highest BCUT2D eigenvalue weighted by Crippen LogP contribution is 2.66. The van der Waals surface area contributed by atoms with Crippen molar-refractivity contribution in [2.24, 2.45) is 28.1 Å². The normalized spacial score (nSPS) is 44.9. The number of rotatable bonds is 3. The van der Waals surface area contributed by atoms with Gasteiger partial charge in [-0.15, -0.1) is 0 Å². The maximum absolute atomic E-state index is 11.1. The van der Waals surface area contributed by atoms with Crippen molar-refractivity contribution in [3.8, 4) is 0 Å². The molecule has 2 heteroatoms. The van der Waals surface area contributed by atoms with Crippen molar-refractivity contribution >= 4 is 0 Å². The molecule has 0 heterocycles. The summed E-state index contributed by atoms with van der Waals surface area (Å²) in [7, 11) is 0. The second-order valence-corrected chi connectivity index (χ2v) is 9.94. The van der Waals surface area contributed by atoms with Crippen LogP contribution < -0.4 is 0 Å². The number of aliphatic hydroxyl groups excluding tert-OH is 2. The second-order valence-electron chi connectivity index (χ2n) is 9.94. The van der Waals surface area contributed by atoms with Gasteiger partial charge in [0.05, 0.1) is 12.7 Å². The van der Waals surface area contributed by atoms with Crippen molar-refractivity contribution in [2.75, 3.05) is 6.61 Å². The first-order valence-corrected chi connectivity index (χ1v) is 10.3. The molecule has 2 saturated carbocycles. The van der Waals surface area contributed by atoms with Gasteiger partial charge in [-0.25, -0.2) is 0 Å². The summed E-state index contributed by atoms with van der Waals surface area (Å²) in [6.07, 6.45) is 12.2. The monoisotopic (exact) mass is 334 g/mol. The molecule has 2 N–H and O–H groups in total. The van der Waals surface area contributed by atoms with Crippen LogP contribution in [0.15, 0.2) is 11.6 Å². The van der Waals surface area contributed by atoms with Gasteiger partial charge in [-0.05, 0) is 67.6 Å². The van der Waals surface area contributed by atoms with Gasteiger partial charge < -0.3 is 10.2 Å². The molecule has 0 aromatic heterocycles. The Balaban J connectivity index is 2.00. The second kappa shape index (κ2) is 6.43. The smallest absolute Gasteiger partial charge is 0.0804 e. The first-order chi connectivity index (χ1) is 11.3. The largest absolute Gasteiger partial charge is 0.396 e. The van der Waals surface area contributed by atoms with E-state index in [0.717, 1.165) is 44.4 Å². The lowest BCUT2D eigenvalue weighted by Crippen LogP contribution is -2.59. The molecule has 0 aliphatic heterocycles. The Kier molecular flexibility index (Phi) is 4.94. The highest BCUT2D eigenvalue weighted by Gasteiger charge is 2.61. The topological polar surface area (TPSA) is 40.5 Å². The Morgan fingerprint density at radius 2 is 1.83 bits per heavy atom. The summed E-state index contributed by atoms with van der Waals surface area (Å²) in [5, 5.41) is 21.6. The molecular formula is C22H38O2. The van der Waals surface area contributed by atoms with Gasteiger partial charge >= 0.3 is 0 Å². The van der Waals surface area contributed by atoms with Gasteiger partial charge in [0.2, 0.25) is 0 Å². The van der Waals surface area contributed by atoms with Crippen molar-refractivity contribution < 1.29 is 10.2 Å². The van der Waals surface area contributed by atoms with Crippen LogP contribution in [-0.2, 0) is 0 Å². The van der Waals surface area contributed by atoms with E-state index in [-0.39, 0.29) is 17.4 Å². The van der Waals surface area contributed by atoms with E-state index >= 15 is 0 Å². The summed E-state index contributed by atoms with van der Waals surface area (Å²) in [5.41, 5.74) is 1.77. The number of aliphatic hydroxyl groups is 2. The molecule has 2 fully saturated rings. The molecule has 0 saturated heterocycles. The molecular weight excluding hydrogens is 296 g/mol. The average Bonchev–Trinajstić information content (AvgIpc) is 2.65. The lowest BCUT2D eigenvalue weighted by molar-refractivity contribution is -0.176. The Morgan fingerprint density at radius 1 is 1.08 bits per heavy atom. The van der Waals surface area contributed by atoms with Crippen LogP contribution in [0.3, 0.4) is 0 Å². The van der Waals surface area contributed by atoms with E-state index in [2.05, 4.69) is 33.8 Å². The third-order valence-electron chi connectivity index (χ3n) is 8.27. The van der Waals surface area contributed by atoms with Gasteiger partial charge in [0.1, 0.15) is 0 Å². The van der Waals surface area contributed by atoms with E-state index in [1.807, 2.05) is 0 Å². The molecule has 3 aliphatic carbocycles. The predicted molar refractivity (Wildman–Crippen MR) is 99.7 cm³/mol. The van der Waals surface area contributed by atoms with E-state index in [1.165, 1.54) is 24.8 Å². The molecule has 0 aromatic rings. The zero-order chi connectivity index (χ0) is 17.6. The molecule has 0 aromatic carbocycles. The summed E-state index contributed by atoms with van der Waals surface area (Å²) >= 11 is 0. The highest BCUT2D eigenvalue weighted by atomic mass is 16.3. The van der Waals surface area contributed by atoms with Gasteiger partial charge in [-0.3, -0.25) is 0 Å². The van der Waals surface area contributed by atoms with Gasteiger partial charge in [-0.1, -0.05) is 52.2 Å². The lowest BCUT2D eigenvalue weighted by Gasteiger charge is -2.63. The van der Waals surface area contributed by atoms with Gasteiger partial charge in [0.25, 0.3) is 0 Å². The fraction of sp³-hybridized carbons (Fsp3) is 0.909. The highest BCUT2D eigenvalue weighted by molar-refractivity contribution is 5.19. The summed E-state index contributed by atoms with van der Waals surface area (Å²) in [4.78, 5) is 0. The lowest BCUT2D eigenvalue weighted by atomic mass is 9.42. The first kappa shape index (κ1) is 18.5. The van der Waals surface area contributed by atoms with Crippen LogP contribution in [0.1, 0.15) is 85.5 Å². The molecule has 0 radical (unpaired) electrons. The summed E-state index contributed by atoms with van der Waals surface area (Å²) < 4.78 is 0. The van der Waals surface area contributed by atoms with Crippen LogP contribution in [0.25, 0.3) is 0 Å². The van der Waals surface area contributed by atoms with E-state index < -0.39 is 6.10 Å². The maximum Gasteiger partial charge on any atom is 0.0804 e. The van der Waals surface area contributed by atoms with Crippen molar-refractivity contribution in [2.45, 2.75) is 91.6 Å². The molecule has 2 nitrogen and oxygen atoms in total. The Hall–Kier alpha value is -0.340. The van der Waals surface area contributed by atoms with Crippen molar-refractivity contribution in [3.63, 3.8) is 0 Å². The fourth-order valence-electron chi connectivity index (χ4n) is 7.13. The molecule has 0 spiro atoms. The standard InChI is InChI=1S/C22H38O2/c1-5-7-16-8-9-18-21(4)12-6-11-20(2,3)17(21)10-13-22(18,15-23)19(24)14-16/h14,17-19,23-24H,5-13,15H2,1-4H3. The third kappa shape index (κ3) is 2.69. The third-order valence-corrected chi connectivity index (χ3v) is 8.27. The zero-order valence-electron chi connectivity index (χ0n) is 16.3. The predicted octanol–water partition coefficient (Wildman–Crippen LogP) is 5.09. The van der Waals surface area contributed by atoms with Crippen LogP contribution in [0.5, 0.6) is 0 Å². The number of hydrogen-bond donors (Lipinski definition) is 2. The van der Waals surface area contributed by atoms with Gasteiger partial charge in [-0.2, -0.15) is 0 Å². The summed E-state index contributed by atoms with van der Waals surface area (Å²) in [6.45, 7) is 9.75. The number of hydrogen-bond acceptors (Lipinski definition) is 2. The summed E-state index contributed by atoms with van der Waals surface area (Å²) in [5.74, 6) is 1.16. The minimum absolute atomic E-state index is 0.136. The van der Waals surface area contributed by atoms with Gasteiger partial charge in [0.15, 0.2) is 0 Å². The fourth-order valence-corrected chi connectivity index (χ4v) is 7.13. The molecule has 0 amide bonds. The van der Waals surface area contributed by atoms with E-state index in [9.17, 15) is 10.2 Å². The van der Waals surface area contributed by atoms with E-state index in [4.69, 9.17) is 0 Å². The van der Waals surface area contributed by atoms with E-state index in [0.29, 0.717) is 11.3 Å². The number of allylic oxidation sites excluding steroid dienone is 1. The molecule has 5 unspecified atom stereocenters. The SMILES string of the molecule is CCCC1=CC(O)C2(CO)CCC3C(C)(C)CCCC3(C)C2CC1.